The second-order valence-electron chi connectivity index (χ2n) is 11.9. The van der Waals surface area contributed by atoms with Gasteiger partial charge in [-0.25, -0.2) is 0 Å². The van der Waals surface area contributed by atoms with Crippen molar-refractivity contribution in [2.75, 3.05) is 0 Å². The van der Waals surface area contributed by atoms with Crippen molar-refractivity contribution < 1.29 is 5.11 Å². The fraction of sp³-hybridized carbons (Fsp3) is 0.806. The Labute approximate surface area is 200 Å². The maximum absolute atomic E-state index is 12.3. The van der Waals surface area contributed by atoms with E-state index in [1.165, 1.54) is 38.5 Å². The van der Waals surface area contributed by atoms with E-state index >= 15 is 0 Å². The van der Waals surface area contributed by atoms with E-state index in [0.717, 1.165) is 56.3 Å². The molecule has 1 N–H and O–H groups in total. The van der Waals surface area contributed by atoms with Crippen LogP contribution in [0.25, 0.3) is 0 Å². The maximum atomic E-state index is 12.3. The average molecular weight is 441 g/mol. The zero-order valence-corrected chi connectivity index (χ0v) is 21.9. The molecule has 2 saturated carbocycles. The van der Waals surface area contributed by atoms with Gasteiger partial charge in [0.05, 0.1) is 5.60 Å². The SMILES string of the molecule is C#CCC(C/C=C\CC)CC1CC[C@@]2(C)C(CC[C@@H]2[C@H](C)CCCC(C)C)[C@]1(O)CC=C. The van der Waals surface area contributed by atoms with Crippen LogP contribution < -0.4 is 0 Å². The molecule has 2 aliphatic rings. The van der Waals surface area contributed by atoms with Crippen LogP contribution in [0.5, 0.6) is 0 Å². The average Bonchev–Trinajstić information content (AvgIpc) is 3.09. The lowest BCUT2D eigenvalue weighted by Crippen LogP contribution is -2.55. The molecule has 7 atom stereocenters. The molecule has 0 aromatic heterocycles. The third kappa shape index (κ3) is 6.32. The normalized spacial score (nSPS) is 34.4. The minimum absolute atomic E-state index is 0.259. The standard InChI is InChI=1S/C31H52O/c1-8-11-12-17-26(14-9-2)23-27-20-22-30(7)28(25(6)16-13-15-24(4)5)18-19-29(30)31(27,32)21-10-3/h2,10-12,24-29,32H,3,8,13-23H2,1,4-7H3/b12-11-/t25-,26?,27?,28-,29?,30-,31+/m1/s1. The summed E-state index contributed by atoms with van der Waals surface area (Å²) in [4.78, 5) is 0. The summed E-state index contributed by atoms with van der Waals surface area (Å²) in [5, 5.41) is 12.3. The summed E-state index contributed by atoms with van der Waals surface area (Å²) in [5.41, 5.74) is -0.363. The number of rotatable bonds is 13. The van der Waals surface area contributed by atoms with E-state index in [2.05, 4.69) is 59.3 Å². The molecular formula is C31H52O. The fourth-order valence-electron chi connectivity index (χ4n) is 7.60. The van der Waals surface area contributed by atoms with Crippen molar-refractivity contribution in [1.82, 2.24) is 0 Å². The zero-order valence-electron chi connectivity index (χ0n) is 21.9. The summed E-state index contributed by atoms with van der Waals surface area (Å²) >= 11 is 0. The molecule has 32 heavy (non-hydrogen) atoms. The van der Waals surface area contributed by atoms with Gasteiger partial charge in [-0.2, -0.15) is 0 Å². The molecule has 0 amide bonds. The van der Waals surface area contributed by atoms with Gasteiger partial charge in [0.15, 0.2) is 0 Å². The number of hydrogen-bond acceptors (Lipinski definition) is 1. The van der Waals surface area contributed by atoms with E-state index in [-0.39, 0.29) is 5.41 Å². The zero-order chi connectivity index (χ0) is 23.8. The molecule has 0 bridgehead atoms. The van der Waals surface area contributed by atoms with Gasteiger partial charge in [-0.3, -0.25) is 0 Å². The van der Waals surface area contributed by atoms with Gasteiger partial charge in [0.2, 0.25) is 0 Å². The number of hydrogen-bond donors (Lipinski definition) is 1. The number of aliphatic hydroxyl groups is 1. The molecule has 0 aliphatic heterocycles. The van der Waals surface area contributed by atoms with Crippen LogP contribution in [0.3, 0.4) is 0 Å². The van der Waals surface area contributed by atoms with Crippen molar-refractivity contribution in [3.63, 3.8) is 0 Å². The van der Waals surface area contributed by atoms with Crippen LogP contribution in [0, 0.1) is 53.3 Å². The molecule has 2 fully saturated rings. The third-order valence-corrected chi connectivity index (χ3v) is 9.25. The first-order valence-corrected chi connectivity index (χ1v) is 13.6. The van der Waals surface area contributed by atoms with Crippen molar-refractivity contribution in [3.05, 3.63) is 24.8 Å². The van der Waals surface area contributed by atoms with Crippen LogP contribution in [0.15, 0.2) is 24.8 Å². The Bertz CT molecular complexity index is 639. The van der Waals surface area contributed by atoms with Gasteiger partial charge in [-0.05, 0) is 92.3 Å². The number of allylic oxidation sites excluding steroid dienone is 2. The molecule has 0 spiro atoms. The van der Waals surface area contributed by atoms with Crippen molar-refractivity contribution in [2.24, 2.45) is 40.9 Å². The van der Waals surface area contributed by atoms with Crippen LogP contribution >= 0.6 is 0 Å². The molecule has 0 aromatic carbocycles. The highest BCUT2D eigenvalue weighted by Crippen LogP contribution is 2.64. The molecule has 1 heteroatoms. The van der Waals surface area contributed by atoms with E-state index in [1.54, 1.807) is 0 Å². The summed E-state index contributed by atoms with van der Waals surface area (Å²) in [6.45, 7) is 15.9. The summed E-state index contributed by atoms with van der Waals surface area (Å²) in [6.07, 6.45) is 25.8. The monoisotopic (exact) mass is 440 g/mol. The largest absolute Gasteiger partial charge is 0.389 e. The Kier molecular flexibility index (Phi) is 10.6. The summed E-state index contributed by atoms with van der Waals surface area (Å²) < 4.78 is 0. The lowest BCUT2D eigenvalue weighted by molar-refractivity contribution is -0.150. The lowest BCUT2D eigenvalue weighted by Gasteiger charge is -2.55. The molecule has 182 valence electrons. The Morgan fingerprint density at radius 2 is 1.91 bits per heavy atom. The predicted molar refractivity (Wildman–Crippen MR) is 140 cm³/mol. The smallest absolute Gasteiger partial charge is 0.0743 e. The van der Waals surface area contributed by atoms with Gasteiger partial charge in [0.1, 0.15) is 0 Å². The highest BCUT2D eigenvalue weighted by atomic mass is 16.3. The molecule has 2 rings (SSSR count). The van der Waals surface area contributed by atoms with Gasteiger partial charge in [-0.1, -0.05) is 72.1 Å². The number of terminal acetylenes is 1. The van der Waals surface area contributed by atoms with E-state index in [4.69, 9.17) is 6.42 Å². The van der Waals surface area contributed by atoms with Crippen LogP contribution in [0.4, 0.5) is 0 Å². The quantitative estimate of drug-likeness (QED) is 0.224. The van der Waals surface area contributed by atoms with Gasteiger partial charge < -0.3 is 5.11 Å². The van der Waals surface area contributed by atoms with Gasteiger partial charge in [-0.15, -0.1) is 18.9 Å². The van der Waals surface area contributed by atoms with E-state index in [0.29, 0.717) is 17.8 Å². The summed E-state index contributed by atoms with van der Waals surface area (Å²) in [6, 6.07) is 0. The maximum Gasteiger partial charge on any atom is 0.0743 e. The first-order chi connectivity index (χ1) is 15.2. The Balaban J connectivity index is 2.17. The molecule has 2 aliphatic carbocycles. The molecule has 1 nitrogen and oxygen atoms in total. The summed E-state index contributed by atoms with van der Waals surface area (Å²) in [5.74, 6) is 6.40. The van der Waals surface area contributed by atoms with Crippen LogP contribution in [-0.2, 0) is 0 Å². The highest BCUT2D eigenvalue weighted by Gasteiger charge is 2.60. The molecule has 0 saturated heterocycles. The minimum atomic E-state index is -0.623. The molecule has 3 unspecified atom stereocenters. The second-order valence-corrected chi connectivity index (χ2v) is 11.9. The number of fused-ring (bicyclic) bond motifs is 1. The van der Waals surface area contributed by atoms with Crippen molar-refractivity contribution in [2.45, 2.75) is 117 Å². The Morgan fingerprint density at radius 3 is 2.53 bits per heavy atom. The van der Waals surface area contributed by atoms with E-state index in [9.17, 15) is 5.11 Å². The molecule has 0 aromatic rings. The van der Waals surface area contributed by atoms with Gasteiger partial charge in [0, 0.05) is 6.42 Å². The lowest BCUT2D eigenvalue weighted by atomic mass is 9.52. The van der Waals surface area contributed by atoms with Crippen molar-refractivity contribution in [3.8, 4) is 12.3 Å². The fourth-order valence-corrected chi connectivity index (χ4v) is 7.60. The molecule has 0 radical (unpaired) electrons. The minimum Gasteiger partial charge on any atom is -0.389 e. The first kappa shape index (κ1) is 27.2. The van der Waals surface area contributed by atoms with E-state index in [1.807, 2.05) is 6.08 Å². The molecular weight excluding hydrogens is 388 g/mol. The van der Waals surface area contributed by atoms with Gasteiger partial charge in [0.25, 0.3) is 0 Å². The molecule has 0 heterocycles. The Hall–Kier alpha value is -1.00. The third-order valence-electron chi connectivity index (χ3n) is 9.25. The van der Waals surface area contributed by atoms with Crippen LogP contribution in [0.2, 0.25) is 0 Å². The Morgan fingerprint density at radius 1 is 1.16 bits per heavy atom. The van der Waals surface area contributed by atoms with Crippen molar-refractivity contribution in [1.29, 1.82) is 0 Å². The predicted octanol–water partition coefficient (Wildman–Crippen LogP) is 8.58. The van der Waals surface area contributed by atoms with E-state index < -0.39 is 5.60 Å². The van der Waals surface area contributed by atoms with Gasteiger partial charge >= 0.3 is 0 Å². The highest BCUT2D eigenvalue weighted by molar-refractivity contribution is 5.12. The summed E-state index contributed by atoms with van der Waals surface area (Å²) in [7, 11) is 0. The first-order valence-electron chi connectivity index (χ1n) is 13.6. The second kappa shape index (κ2) is 12.5. The van der Waals surface area contributed by atoms with Crippen LogP contribution in [-0.4, -0.2) is 10.7 Å². The van der Waals surface area contributed by atoms with Crippen LogP contribution in [0.1, 0.15) is 112 Å². The topological polar surface area (TPSA) is 20.2 Å². The van der Waals surface area contributed by atoms with Crippen molar-refractivity contribution >= 4 is 0 Å².